The molecule has 1 saturated heterocycles. The predicted octanol–water partition coefficient (Wildman–Crippen LogP) is 4.56. The third-order valence-electron chi connectivity index (χ3n) is 8.25. The lowest BCUT2D eigenvalue weighted by Gasteiger charge is -2.43. The van der Waals surface area contributed by atoms with E-state index in [2.05, 4.69) is 36.2 Å². The van der Waals surface area contributed by atoms with E-state index < -0.39 is 5.82 Å². The third kappa shape index (κ3) is 2.69. The molecule has 5 nitrogen and oxygen atoms in total. The van der Waals surface area contributed by atoms with Gasteiger partial charge in [0.05, 0.1) is 22.5 Å². The van der Waals surface area contributed by atoms with Gasteiger partial charge in [-0.1, -0.05) is 41.2 Å². The average molecular weight is 493 g/mol. The first-order chi connectivity index (χ1) is 16.4. The minimum Gasteiger partial charge on any atom is -0.307 e. The summed E-state index contributed by atoms with van der Waals surface area (Å²) in [6.45, 7) is 2.05. The summed E-state index contributed by atoms with van der Waals surface area (Å²) >= 11 is 2.96. The summed E-state index contributed by atoms with van der Waals surface area (Å²) in [6, 6.07) is 14.1. The molecule has 3 heterocycles. The number of thiazole rings is 1. The number of nitrogens with one attached hydrogen (secondary N) is 1. The smallest absolute Gasteiger partial charge is 0.305 e. The van der Waals surface area contributed by atoms with Crippen molar-refractivity contribution in [1.82, 2.24) is 4.98 Å². The van der Waals surface area contributed by atoms with Gasteiger partial charge in [-0.2, -0.15) is 0 Å². The van der Waals surface area contributed by atoms with E-state index >= 15 is 0 Å². The van der Waals surface area contributed by atoms with Crippen LogP contribution in [0.1, 0.15) is 28.3 Å². The van der Waals surface area contributed by atoms with Crippen LogP contribution in [0.3, 0.4) is 0 Å². The number of thioether (sulfide) groups is 1. The van der Waals surface area contributed by atoms with Gasteiger partial charge in [0.1, 0.15) is 5.82 Å². The fourth-order valence-electron chi connectivity index (χ4n) is 7.01. The molecule has 34 heavy (non-hydrogen) atoms. The van der Waals surface area contributed by atoms with Crippen molar-refractivity contribution in [2.24, 2.45) is 29.6 Å². The van der Waals surface area contributed by atoms with Gasteiger partial charge in [-0.3, -0.25) is 19.3 Å². The number of hydrogen-bond acceptors (Lipinski definition) is 5. The van der Waals surface area contributed by atoms with Crippen LogP contribution in [0.2, 0.25) is 0 Å². The van der Waals surface area contributed by atoms with Crippen molar-refractivity contribution >= 4 is 40.6 Å². The lowest BCUT2D eigenvalue weighted by Crippen LogP contribution is -2.42. The number of fused-ring (bicyclic) bond motifs is 9. The van der Waals surface area contributed by atoms with Crippen molar-refractivity contribution < 1.29 is 14.0 Å². The second-order valence-electron chi connectivity index (χ2n) is 9.86. The Labute approximate surface area is 203 Å². The Bertz CT molecular complexity index is 1400. The van der Waals surface area contributed by atoms with Crippen LogP contribution in [0, 0.1) is 42.3 Å². The van der Waals surface area contributed by atoms with E-state index in [1.54, 1.807) is 11.8 Å². The van der Waals surface area contributed by atoms with Crippen LogP contribution in [0.15, 0.2) is 58.4 Å². The highest BCUT2D eigenvalue weighted by molar-refractivity contribution is 8.00. The van der Waals surface area contributed by atoms with Crippen LogP contribution in [0.25, 0.3) is 0 Å². The number of anilines is 1. The summed E-state index contributed by atoms with van der Waals surface area (Å²) in [5.41, 5.74) is 2.78. The Morgan fingerprint density at radius 2 is 1.62 bits per heavy atom. The number of benzene rings is 2. The van der Waals surface area contributed by atoms with Crippen molar-refractivity contribution in [2.45, 2.75) is 29.5 Å². The minimum absolute atomic E-state index is 0.0320. The number of aromatic nitrogens is 1. The number of carbonyl (C=O) groups is 2. The van der Waals surface area contributed by atoms with Gasteiger partial charge in [0.25, 0.3) is 0 Å². The highest BCUT2D eigenvalue weighted by atomic mass is 32.2. The molecule has 2 aliphatic heterocycles. The first-order valence-electron chi connectivity index (χ1n) is 11.5. The van der Waals surface area contributed by atoms with E-state index in [0.717, 1.165) is 21.9 Å². The molecule has 8 heteroatoms. The molecule has 1 aromatic heterocycles. The van der Waals surface area contributed by atoms with Crippen molar-refractivity contribution in [3.05, 3.63) is 80.0 Å². The van der Waals surface area contributed by atoms with Crippen LogP contribution < -0.4 is 9.77 Å². The quantitative estimate of drug-likeness (QED) is 0.533. The summed E-state index contributed by atoms with van der Waals surface area (Å²) in [6.07, 6.45) is 0.855. The van der Waals surface area contributed by atoms with Crippen LogP contribution >= 0.6 is 23.1 Å². The molecule has 1 N–H and O–H groups in total. The topological polar surface area (TPSA) is 70.2 Å². The number of amides is 2. The molecule has 4 aliphatic rings. The number of halogens is 1. The van der Waals surface area contributed by atoms with Gasteiger partial charge in [0, 0.05) is 16.0 Å². The molecule has 2 saturated carbocycles. The molecule has 2 aliphatic carbocycles. The second kappa shape index (κ2) is 7.15. The van der Waals surface area contributed by atoms with Gasteiger partial charge in [0.15, 0.2) is 0 Å². The number of hydrogen-bond donors (Lipinski definition) is 1. The van der Waals surface area contributed by atoms with Gasteiger partial charge in [-0.05, 0) is 60.9 Å². The Kier molecular flexibility index (Phi) is 4.34. The lowest BCUT2D eigenvalue weighted by atomic mass is 9.68. The average Bonchev–Trinajstić information content (AvgIpc) is 3.54. The van der Waals surface area contributed by atoms with Gasteiger partial charge < -0.3 is 4.98 Å². The zero-order valence-electron chi connectivity index (χ0n) is 18.2. The second-order valence-corrected chi connectivity index (χ2v) is 12.1. The molecule has 7 rings (SSSR count). The molecule has 2 bridgehead atoms. The van der Waals surface area contributed by atoms with Gasteiger partial charge >= 0.3 is 4.87 Å². The number of H-pyrrole nitrogens is 1. The zero-order valence-corrected chi connectivity index (χ0v) is 19.9. The van der Waals surface area contributed by atoms with Crippen molar-refractivity contribution in [3.8, 4) is 0 Å². The van der Waals surface area contributed by atoms with Gasteiger partial charge in [0.2, 0.25) is 11.8 Å². The Morgan fingerprint density at radius 1 is 0.941 bits per heavy atom. The van der Waals surface area contributed by atoms with Crippen LogP contribution in [-0.2, 0) is 9.59 Å². The highest BCUT2D eigenvalue weighted by Crippen LogP contribution is 2.68. The summed E-state index contributed by atoms with van der Waals surface area (Å²) in [5.74, 6) is -1.05. The van der Waals surface area contributed by atoms with E-state index in [0.29, 0.717) is 5.69 Å². The number of aromatic amines is 1. The highest BCUT2D eigenvalue weighted by Gasteiger charge is 2.69. The molecule has 3 aromatic rings. The van der Waals surface area contributed by atoms with Gasteiger partial charge in [-0.15, -0.1) is 11.8 Å². The number of rotatable bonds is 2. The summed E-state index contributed by atoms with van der Waals surface area (Å²) in [4.78, 5) is 44.8. The standard InChI is InChI=1S/C26H21FN2O3S2/c1-11-2-4-12(5-3-11)17-18-15-10-16(21(18)33-23-22(17)34-26(32)28-23)20-19(15)24(30)29(25(20)31)14-8-6-13(27)7-9-14/h2-9,15-21H,10H2,1H3,(H,28,32)/t15-,16-,17-,18-,19+,20+,21-/m1/s1. The summed E-state index contributed by atoms with van der Waals surface area (Å²) < 4.78 is 13.5. The fraction of sp³-hybridized carbons (Fsp3) is 0.346. The van der Waals surface area contributed by atoms with Gasteiger partial charge in [-0.25, -0.2) is 4.39 Å². The third-order valence-corrected chi connectivity index (χ3v) is 10.8. The van der Waals surface area contributed by atoms with Crippen LogP contribution in [0.4, 0.5) is 10.1 Å². The molecular formula is C26H21FN2O3S2. The predicted molar refractivity (Wildman–Crippen MR) is 129 cm³/mol. The normalized spacial score (nSPS) is 33.2. The molecule has 7 atom stereocenters. The Balaban J connectivity index is 1.32. The Hall–Kier alpha value is -2.71. The molecule has 0 radical (unpaired) electrons. The SMILES string of the molecule is Cc1ccc([C@H]2c3sc(=O)[nH]c3S[C@@H]3[C@@H]4C[C@@H]([C@@H]5C(=O)N(c6ccc(F)cc6)C(=O)[C@@H]45)[C@H]23)cc1. The van der Waals surface area contributed by atoms with Crippen LogP contribution in [0.5, 0.6) is 0 Å². The number of aryl methyl sites for hydroxylation is 1. The molecule has 172 valence electrons. The first-order valence-corrected chi connectivity index (χ1v) is 13.2. The first kappa shape index (κ1) is 20.6. The molecule has 2 aromatic carbocycles. The lowest BCUT2D eigenvalue weighted by molar-refractivity contribution is -0.123. The Morgan fingerprint density at radius 3 is 2.32 bits per heavy atom. The van der Waals surface area contributed by atoms with Crippen LogP contribution in [-0.4, -0.2) is 22.0 Å². The largest absolute Gasteiger partial charge is 0.307 e. The van der Waals surface area contributed by atoms with Crippen molar-refractivity contribution in [3.63, 3.8) is 0 Å². The molecule has 0 unspecified atom stereocenters. The fourth-order valence-corrected chi connectivity index (χ4v) is 9.90. The number of imide groups is 1. The summed E-state index contributed by atoms with van der Waals surface area (Å²) in [7, 11) is 0. The number of carbonyl (C=O) groups excluding carboxylic acids is 2. The zero-order chi connectivity index (χ0) is 23.3. The molecular weight excluding hydrogens is 471 g/mol. The maximum atomic E-state index is 13.6. The number of nitrogens with zero attached hydrogens (tertiary/aromatic N) is 1. The van der Waals surface area contributed by atoms with E-state index in [9.17, 15) is 18.8 Å². The van der Waals surface area contributed by atoms with E-state index in [1.807, 2.05) is 0 Å². The van der Waals surface area contributed by atoms with E-state index in [4.69, 9.17) is 0 Å². The monoisotopic (exact) mass is 492 g/mol. The molecule has 2 amide bonds. The van der Waals surface area contributed by atoms with E-state index in [1.165, 1.54) is 46.1 Å². The van der Waals surface area contributed by atoms with Crippen molar-refractivity contribution in [1.29, 1.82) is 0 Å². The maximum absolute atomic E-state index is 13.6. The summed E-state index contributed by atoms with van der Waals surface area (Å²) in [5, 5.41) is 1.08. The molecule has 0 spiro atoms. The minimum atomic E-state index is -0.397. The van der Waals surface area contributed by atoms with Crippen molar-refractivity contribution in [2.75, 3.05) is 4.90 Å². The maximum Gasteiger partial charge on any atom is 0.305 e. The molecule has 3 fully saturated rings. The van der Waals surface area contributed by atoms with E-state index in [-0.39, 0.29) is 57.4 Å².